The summed E-state index contributed by atoms with van der Waals surface area (Å²) in [6.45, 7) is 3.69. The molecule has 5 atom stereocenters. The van der Waals surface area contributed by atoms with Gasteiger partial charge in [0.05, 0.1) is 21.4 Å². The summed E-state index contributed by atoms with van der Waals surface area (Å²) in [7, 11) is -4.47. The van der Waals surface area contributed by atoms with Crippen LogP contribution in [0.2, 0.25) is 0 Å². The Morgan fingerprint density at radius 1 is 1.30 bits per heavy atom. The van der Waals surface area contributed by atoms with Gasteiger partial charge in [-0.15, -0.1) is 0 Å². The zero-order valence-electron chi connectivity index (χ0n) is 17.3. The highest BCUT2D eigenvalue weighted by molar-refractivity contribution is 7.85. The lowest BCUT2D eigenvalue weighted by atomic mass is 9.68. The Kier molecular flexibility index (Phi) is 5.60. The molecule has 6 nitrogen and oxygen atoms in total. The van der Waals surface area contributed by atoms with Crippen molar-refractivity contribution in [2.24, 2.45) is 29.6 Å². The van der Waals surface area contributed by atoms with Crippen molar-refractivity contribution in [3.63, 3.8) is 0 Å². The molecule has 3 aliphatic carbocycles. The van der Waals surface area contributed by atoms with Crippen molar-refractivity contribution < 1.29 is 31.6 Å². The van der Waals surface area contributed by atoms with Crippen LogP contribution in [0, 0.1) is 35.4 Å². The third-order valence-electron chi connectivity index (χ3n) is 7.52. The van der Waals surface area contributed by atoms with Crippen LogP contribution < -0.4 is 4.74 Å². The molecule has 8 heteroatoms. The van der Waals surface area contributed by atoms with Gasteiger partial charge in [-0.25, -0.2) is 17.6 Å². The first-order valence-electron chi connectivity index (χ1n) is 10.7. The van der Waals surface area contributed by atoms with Gasteiger partial charge in [-0.05, 0) is 67.6 Å². The number of carbonyl (C=O) groups excluding carboxylic acids is 1. The molecule has 0 saturated heterocycles. The Balaban J connectivity index is 1.54. The monoisotopic (exact) mass is 439 g/mol. The van der Waals surface area contributed by atoms with Crippen molar-refractivity contribution in [3.8, 4) is 5.75 Å². The molecule has 1 aromatic carbocycles. The molecule has 2 bridgehead atoms. The first-order valence-corrected chi connectivity index (χ1v) is 12.3. The van der Waals surface area contributed by atoms with Gasteiger partial charge in [0.25, 0.3) is 0 Å². The predicted octanol–water partition coefficient (Wildman–Crippen LogP) is 3.76. The molecule has 0 aromatic heterocycles. The van der Waals surface area contributed by atoms with Crippen molar-refractivity contribution in [1.29, 1.82) is 0 Å². The van der Waals surface area contributed by atoms with Gasteiger partial charge < -0.3 is 14.0 Å². The number of esters is 1. The molecule has 5 unspecified atom stereocenters. The van der Waals surface area contributed by atoms with E-state index in [4.69, 9.17) is 9.47 Å². The van der Waals surface area contributed by atoms with E-state index in [0.717, 1.165) is 24.8 Å². The Morgan fingerprint density at radius 3 is 2.73 bits per heavy atom. The van der Waals surface area contributed by atoms with Gasteiger partial charge >= 0.3 is 5.97 Å². The first-order chi connectivity index (χ1) is 14.1. The molecule has 0 radical (unpaired) electrons. The van der Waals surface area contributed by atoms with E-state index < -0.39 is 39.9 Å². The molecule has 3 aliphatic rings. The lowest BCUT2D eigenvalue weighted by Crippen LogP contribution is -2.50. The maximum absolute atomic E-state index is 14.6. The van der Waals surface area contributed by atoms with E-state index in [1.807, 2.05) is 0 Å². The minimum Gasteiger partial charge on any atom is -0.748 e. The predicted molar refractivity (Wildman–Crippen MR) is 106 cm³/mol. The molecule has 0 spiro atoms. The van der Waals surface area contributed by atoms with E-state index in [9.17, 15) is 22.2 Å². The summed E-state index contributed by atoms with van der Waals surface area (Å²) in [5.74, 6) is 0.492. The van der Waals surface area contributed by atoms with Crippen molar-refractivity contribution >= 4 is 16.1 Å². The summed E-state index contributed by atoms with van der Waals surface area (Å²) in [6.07, 6.45) is 5.79. The number of rotatable bonds is 7. The topological polar surface area (TPSA) is 92.7 Å². The highest BCUT2D eigenvalue weighted by atomic mass is 32.2. The SMILES string of the molecule is CC(C)C1(Oc2cc(C(=O)OCCS(=O)(=O)[O-])ccc2F)CC2CC1C1CCCC21. The molecule has 0 N–H and O–H groups in total. The first kappa shape index (κ1) is 21.6. The molecule has 1 aromatic rings. The van der Waals surface area contributed by atoms with Crippen molar-refractivity contribution in [1.82, 2.24) is 0 Å². The third kappa shape index (κ3) is 3.84. The summed E-state index contributed by atoms with van der Waals surface area (Å²) >= 11 is 0. The third-order valence-corrected chi connectivity index (χ3v) is 8.19. The molecular weight excluding hydrogens is 411 g/mol. The minimum atomic E-state index is -4.47. The van der Waals surface area contributed by atoms with E-state index in [-0.39, 0.29) is 17.2 Å². The number of benzene rings is 1. The van der Waals surface area contributed by atoms with Crippen LogP contribution in [-0.2, 0) is 14.9 Å². The Morgan fingerprint density at radius 2 is 2.03 bits per heavy atom. The number of ether oxygens (including phenoxy) is 2. The van der Waals surface area contributed by atoms with Crippen LogP contribution in [0.1, 0.15) is 56.3 Å². The Labute approximate surface area is 176 Å². The second kappa shape index (κ2) is 7.79. The lowest BCUT2D eigenvalue weighted by molar-refractivity contribution is -0.0605. The van der Waals surface area contributed by atoms with Crippen LogP contribution in [-0.4, -0.2) is 36.9 Å². The average Bonchev–Trinajstić information content (AvgIpc) is 3.34. The van der Waals surface area contributed by atoms with Crippen molar-refractivity contribution in [2.75, 3.05) is 12.4 Å². The van der Waals surface area contributed by atoms with Crippen LogP contribution in [0.4, 0.5) is 4.39 Å². The summed E-state index contributed by atoms with van der Waals surface area (Å²) in [4.78, 5) is 12.2. The molecule has 166 valence electrons. The zero-order valence-corrected chi connectivity index (χ0v) is 18.1. The summed E-state index contributed by atoms with van der Waals surface area (Å²) in [5.41, 5.74) is -0.383. The van der Waals surface area contributed by atoms with Crippen LogP contribution in [0.15, 0.2) is 18.2 Å². The lowest BCUT2D eigenvalue weighted by Gasteiger charge is -2.46. The van der Waals surface area contributed by atoms with Gasteiger partial charge in [-0.2, -0.15) is 0 Å². The number of halogens is 1. The molecule has 0 amide bonds. The second-order valence-electron chi connectivity index (χ2n) is 9.32. The van der Waals surface area contributed by atoms with Gasteiger partial charge in [0.15, 0.2) is 11.6 Å². The Bertz CT molecular complexity index is 930. The standard InChI is InChI=1S/C22H29FO6S/c1-13(2)22(12-15-10-18(22)17-5-3-4-16(15)17)29-20-11-14(6-7-19(20)23)21(24)28-8-9-30(25,26)27/h6-7,11,13,15-18H,3-5,8-10,12H2,1-2H3,(H,25,26,27)/p-1. The van der Waals surface area contributed by atoms with E-state index >= 15 is 0 Å². The summed E-state index contributed by atoms with van der Waals surface area (Å²) in [6, 6.07) is 3.76. The second-order valence-corrected chi connectivity index (χ2v) is 10.8. The van der Waals surface area contributed by atoms with Crippen LogP contribution in [0.3, 0.4) is 0 Å². The largest absolute Gasteiger partial charge is 0.748 e. The zero-order chi connectivity index (χ0) is 21.7. The van der Waals surface area contributed by atoms with E-state index in [1.54, 1.807) is 0 Å². The fraction of sp³-hybridized carbons (Fsp3) is 0.682. The quantitative estimate of drug-likeness (QED) is 0.474. The summed E-state index contributed by atoms with van der Waals surface area (Å²) < 4.78 is 57.9. The molecule has 0 heterocycles. The normalized spacial score (nSPS) is 32.4. The van der Waals surface area contributed by atoms with Gasteiger partial charge in [0, 0.05) is 5.92 Å². The van der Waals surface area contributed by atoms with E-state index in [2.05, 4.69) is 13.8 Å². The maximum Gasteiger partial charge on any atom is 0.338 e. The highest BCUT2D eigenvalue weighted by Gasteiger charge is 2.63. The average molecular weight is 440 g/mol. The van der Waals surface area contributed by atoms with Crippen LogP contribution >= 0.6 is 0 Å². The molecular formula is C22H28FO6S-. The highest BCUT2D eigenvalue weighted by Crippen LogP contribution is 2.65. The van der Waals surface area contributed by atoms with E-state index in [1.165, 1.54) is 31.4 Å². The van der Waals surface area contributed by atoms with Crippen molar-refractivity contribution in [3.05, 3.63) is 29.6 Å². The summed E-state index contributed by atoms with van der Waals surface area (Å²) in [5, 5.41) is 0. The van der Waals surface area contributed by atoms with Gasteiger partial charge in [0.1, 0.15) is 12.2 Å². The van der Waals surface area contributed by atoms with Gasteiger partial charge in [-0.3, -0.25) is 0 Å². The number of carbonyl (C=O) groups is 1. The van der Waals surface area contributed by atoms with Crippen molar-refractivity contribution in [2.45, 2.75) is 51.6 Å². The number of fused-ring (bicyclic) bond motifs is 5. The molecule has 3 saturated carbocycles. The number of hydrogen-bond donors (Lipinski definition) is 0. The molecule has 0 aliphatic heterocycles. The maximum atomic E-state index is 14.6. The molecule has 3 fully saturated rings. The minimum absolute atomic E-state index is 0.0247. The Hall–Kier alpha value is -1.67. The smallest absolute Gasteiger partial charge is 0.338 e. The van der Waals surface area contributed by atoms with E-state index in [0.29, 0.717) is 17.8 Å². The van der Waals surface area contributed by atoms with Crippen LogP contribution in [0.25, 0.3) is 0 Å². The fourth-order valence-corrected chi connectivity index (χ4v) is 6.56. The van der Waals surface area contributed by atoms with Crippen LogP contribution in [0.5, 0.6) is 5.75 Å². The number of hydrogen-bond acceptors (Lipinski definition) is 6. The molecule has 30 heavy (non-hydrogen) atoms. The fourth-order valence-electron chi connectivity index (χ4n) is 6.27. The van der Waals surface area contributed by atoms with Gasteiger partial charge in [-0.1, -0.05) is 20.3 Å². The molecule has 4 rings (SSSR count). The van der Waals surface area contributed by atoms with Gasteiger partial charge in [0.2, 0.25) is 0 Å².